The maximum Gasteiger partial charge on any atom is 0.418 e. The van der Waals surface area contributed by atoms with Crippen LogP contribution < -0.4 is 5.32 Å². The first kappa shape index (κ1) is 18.8. The molecule has 0 atom stereocenters. The summed E-state index contributed by atoms with van der Waals surface area (Å²) in [5, 5.41) is 14.1. The van der Waals surface area contributed by atoms with Crippen molar-refractivity contribution in [3.63, 3.8) is 0 Å². The van der Waals surface area contributed by atoms with Crippen molar-refractivity contribution in [1.82, 2.24) is 4.98 Å². The Kier molecular flexibility index (Phi) is 5.97. The van der Waals surface area contributed by atoms with Gasteiger partial charge in [-0.15, -0.1) is 0 Å². The van der Waals surface area contributed by atoms with E-state index in [9.17, 15) is 19.5 Å². The lowest BCUT2D eigenvalue weighted by Gasteiger charge is -2.15. The van der Waals surface area contributed by atoms with E-state index in [2.05, 4.69) is 10.3 Å². The number of aromatic nitrogens is 1. The van der Waals surface area contributed by atoms with Gasteiger partial charge in [0.1, 0.15) is 11.3 Å². The zero-order valence-corrected chi connectivity index (χ0v) is 15.9. The van der Waals surface area contributed by atoms with Crippen molar-refractivity contribution in [3.8, 4) is 0 Å². The van der Waals surface area contributed by atoms with Crippen molar-refractivity contribution >= 4 is 58.2 Å². The quantitative estimate of drug-likeness (QED) is 0.268. The third-order valence-corrected chi connectivity index (χ3v) is 5.95. The fraction of sp³-hybridized carbons (Fsp3) is 0.308. The molecule has 0 radical (unpaired) electrons. The fourth-order valence-electron chi connectivity index (χ4n) is 2.08. The molecule has 0 aliphatic rings. The number of para-hydroxylation sites is 1. The summed E-state index contributed by atoms with van der Waals surface area (Å²) in [6, 6.07) is 4.58. The Balaban J connectivity index is 2.41. The highest BCUT2D eigenvalue weighted by Crippen LogP contribution is 2.50. The van der Waals surface area contributed by atoms with Gasteiger partial charge in [-0.3, -0.25) is 14.9 Å². The van der Waals surface area contributed by atoms with Crippen LogP contribution in [0.1, 0.15) is 13.8 Å². The number of nitro benzene ring substituents is 1. The number of anilines is 1. The summed E-state index contributed by atoms with van der Waals surface area (Å²) in [6.45, 7) is 3.27. The number of benzene rings is 1. The number of hydrogen-bond acceptors (Lipinski definition) is 6. The van der Waals surface area contributed by atoms with Crippen molar-refractivity contribution in [2.45, 2.75) is 13.8 Å². The van der Waals surface area contributed by atoms with Gasteiger partial charge in [-0.05, 0) is 36.4 Å². The molecule has 0 aliphatic carbocycles. The molecule has 0 unspecified atom stereocenters. The highest BCUT2D eigenvalue weighted by Gasteiger charge is 2.35. The number of amides is 1. The molecule has 2 N–H and O–H groups in total. The molecule has 1 amide bonds. The van der Waals surface area contributed by atoms with Gasteiger partial charge in [0, 0.05) is 11.5 Å². The number of aromatic amines is 1. The SMILES string of the molecule is CCOP(=O)(OCC)C(=O)Nc1[nH]c2c([N+](=O)[O-])cccc2c1I. The second-order valence-electron chi connectivity index (χ2n) is 4.53. The lowest BCUT2D eigenvalue weighted by molar-refractivity contribution is -0.383. The number of carbonyl (C=O) groups is 1. The van der Waals surface area contributed by atoms with Gasteiger partial charge < -0.3 is 19.3 Å². The van der Waals surface area contributed by atoms with Gasteiger partial charge in [-0.1, -0.05) is 12.1 Å². The number of nitro groups is 1. The number of halogens is 1. The summed E-state index contributed by atoms with van der Waals surface area (Å²) in [5.74, 6) is 0.199. The summed E-state index contributed by atoms with van der Waals surface area (Å²) >= 11 is 1.94. The van der Waals surface area contributed by atoms with E-state index in [1.807, 2.05) is 22.6 Å². The van der Waals surface area contributed by atoms with E-state index in [0.717, 1.165) is 0 Å². The van der Waals surface area contributed by atoms with E-state index in [1.165, 1.54) is 6.07 Å². The predicted molar refractivity (Wildman–Crippen MR) is 97.5 cm³/mol. The Morgan fingerprint density at radius 1 is 1.38 bits per heavy atom. The molecular formula is C13H15IN3O6P. The minimum absolute atomic E-state index is 0.0416. The van der Waals surface area contributed by atoms with Crippen molar-refractivity contribution < 1.29 is 23.3 Å². The molecule has 0 spiro atoms. The van der Waals surface area contributed by atoms with Crippen LogP contribution in [0, 0.1) is 13.7 Å². The molecular weight excluding hydrogens is 452 g/mol. The molecule has 0 saturated heterocycles. The zero-order valence-electron chi connectivity index (χ0n) is 12.9. The lowest BCUT2D eigenvalue weighted by Crippen LogP contribution is -2.15. The third kappa shape index (κ3) is 3.61. The summed E-state index contributed by atoms with van der Waals surface area (Å²) in [7, 11) is -3.98. The molecule has 9 nitrogen and oxygen atoms in total. The number of rotatable bonds is 7. The number of nitrogens with zero attached hydrogens (tertiary/aromatic N) is 1. The van der Waals surface area contributed by atoms with E-state index >= 15 is 0 Å². The number of carbonyl (C=O) groups excluding carboxylic acids is 1. The molecule has 2 aromatic rings. The third-order valence-electron chi connectivity index (χ3n) is 3.02. The van der Waals surface area contributed by atoms with Crippen LogP contribution in [0.25, 0.3) is 10.9 Å². The van der Waals surface area contributed by atoms with Crippen molar-refractivity contribution in [1.29, 1.82) is 0 Å². The second-order valence-corrected chi connectivity index (χ2v) is 7.53. The molecule has 0 saturated carbocycles. The molecule has 0 bridgehead atoms. The Hall–Kier alpha value is -1.49. The number of non-ortho nitro benzene ring substituents is 1. The predicted octanol–water partition coefficient (Wildman–Crippen LogP) is 4.48. The minimum atomic E-state index is -3.98. The van der Waals surface area contributed by atoms with Gasteiger partial charge in [0.05, 0.1) is 21.7 Å². The van der Waals surface area contributed by atoms with Crippen LogP contribution in [0.2, 0.25) is 0 Å². The van der Waals surface area contributed by atoms with Gasteiger partial charge in [0.2, 0.25) is 0 Å². The maximum absolute atomic E-state index is 12.4. The number of nitrogens with one attached hydrogen (secondary N) is 2. The molecule has 0 aliphatic heterocycles. The monoisotopic (exact) mass is 467 g/mol. The normalized spacial score (nSPS) is 11.6. The van der Waals surface area contributed by atoms with E-state index in [4.69, 9.17) is 9.05 Å². The Morgan fingerprint density at radius 2 is 2.00 bits per heavy atom. The van der Waals surface area contributed by atoms with E-state index in [1.54, 1.807) is 26.0 Å². The summed E-state index contributed by atoms with van der Waals surface area (Å²) in [4.78, 5) is 25.6. The number of fused-ring (bicyclic) bond motifs is 1. The van der Waals surface area contributed by atoms with Gasteiger partial charge in [-0.25, -0.2) is 4.57 Å². The largest absolute Gasteiger partial charge is 0.418 e. The fourth-order valence-corrected chi connectivity index (χ4v) is 4.03. The van der Waals surface area contributed by atoms with E-state index < -0.39 is 18.2 Å². The molecule has 0 fully saturated rings. The number of hydrogen-bond donors (Lipinski definition) is 2. The standard InChI is InChI=1S/C13H15IN3O6P/c1-3-22-24(21,23-4-2)13(18)16-12-10(14)8-6-5-7-9(17(19)20)11(8)15-12/h5-7,15H,3-4H2,1-2H3,(H,16,18). The first-order valence-corrected chi connectivity index (χ1v) is 9.61. The molecule has 1 aromatic carbocycles. The van der Waals surface area contributed by atoms with Crippen LogP contribution in [0.5, 0.6) is 0 Å². The Morgan fingerprint density at radius 3 is 2.54 bits per heavy atom. The van der Waals surface area contributed by atoms with Crippen molar-refractivity contribution in [3.05, 3.63) is 31.9 Å². The smallest absolute Gasteiger partial charge is 0.335 e. The van der Waals surface area contributed by atoms with Crippen molar-refractivity contribution in [2.75, 3.05) is 18.5 Å². The van der Waals surface area contributed by atoms with Gasteiger partial charge in [0.15, 0.2) is 0 Å². The Labute approximate surface area is 150 Å². The van der Waals surface area contributed by atoms with Crippen molar-refractivity contribution in [2.24, 2.45) is 0 Å². The molecule has 11 heteroatoms. The zero-order chi connectivity index (χ0) is 17.9. The van der Waals surface area contributed by atoms with Gasteiger partial charge >= 0.3 is 13.2 Å². The van der Waals surface area contributed by atoms with Gasteiger partial charge in [0.25, 0.3) is 5.69 Å². The highest BCUT2D eigenvalue weighted by molar-refractivity contribution is 14.1. The average molecular weight is 467 g/mol. The minimum Gasteiger partial charge on any atom is -0.335 e. The van der Waals surface area contributed by atoms with Crippen LogP contribution in [0.4, 0.5) is 16.3 Å². The van der Waals surface area contributed by atoms with Crippen LogP contribution in [-0.2, 0) is 13.6 Å². The van der Waals surface area contributed by atoms with E-state index in [-0.39, 0.29) is 30.2 Å². The first-order valence-electron chi connectivity index (χ1n) is 6.99. The first-order chi connectivity index (χ1) is 11.3. The summed E-state index contributed by atoms with van der Waals surface area (Å²) < 4.78 is 22.9. The average Bonchev–Trinajstić information content (AvgIpc) is 2.84. The molecule has 2 rings (SSSR count). The molecule has 1 heterocycles. The van der Waals surface area contributed by atoms with Crippen LogP contribution >= 0.6 is 30.2 Å². The van der Waals surface area contributed by atoms with E-state index in [0.29, 0.717) is 8.96 Å². The lowest BCUT2D eigenvalue weighted by atomic mass is 10.2. The highest BCUT2D eigenvalue weighted by atomic mass is 127. The summed E-state index contributed by atoms with van der Waals surface area (Å²) in [5.41, 5.74) is -0.785. The Bertz CT molecular complexity index is 826. The molecule has 24 heavy (non-hydrogen) atoms. The summed E-state index contributed by atoms with van der Waals surface area (Å²) in [6.07, 6.45) is 0. The van der Waals surface area contributed by atoms with Gasteiger partial charge in [-0.2, -0.15) is 0 Å². The van der Waals surface area contributed by atoms with Crippen LogP contribution in [0.3, 0.4) is 0 Å². The number of H-pyrrole nitrogens is 1. The van der Waals surface area contributed by atoms with Crippen LogP contribution in [0.15, 0.2) is 18.2 Å². The topological polar surface area (TPSA) is 124 Å². The molecule has 1 aromatic heterocycles. The maximum atomic E-state index is 12.4. The second kappa shape index (κ2) is 7.60. The molecule has 130 valence electrons. The van der Waals surface area contributed by atoms with Crippen LogP contribution in [-0.4, -0.2) is 28.8 Å².